The molecule has 1 aliphatic carbocycles. The van der Waals surface area contributed by atoms with Crippen molar-refractivity contribution in [3.8, 4) is 0 Å². The molecule has 18 heteroatoms. The number of carbonyl (C=O) groups is 3. The number of hydrogen-bond acceptors (Lipinski definition) is 18. The van der Waals surface area contributed by atoms with Crippen LogP contribution >= 0.6 is 0 Å². The molecule has 392 valence electrons. The van der Waals surface area contributed by atoms with Crippen molar-refractivity contribution in [1.29, 1.82) is 0 Å². The van der Waals surface area contributed by atoms with E-state index >= 15 is 0 Å². The fourth-order valence-corrected chi connectivity index (χ4v) is 11.6. The minimum absolute atomic E-state index is 0.122. The van der Waals surface area contributed by atoms with Crippen molar-refractivity contribution < 1.29 is 76.4 Å². The Balaban J connectivity index is 1.73. The molecule has 0 unspecified atom stereocenters. The predicted octanol–water partition coefficient (Wildman–Crippen LogP) is 7.08. The standard InChI is InChI=1S/C50H86N2O16/c1-18-36-49(13)43(65-46(56)67-49)30(6)38(51-68-50(66-27(2)3)22-20-19-21-23-50)28(4)25-48(12,58-17)42(64-45-40(61-34(10)53)35(52(14)15)24-29(5)59-45)31(7)39(32(8)44(55)62-36)63-37-26-47(11,57-16)41(54)33(9)60-37/h27-33,35-37,39-43,45,54H,18-26H2,1-17H3/b51-38+/t28-,29-,30+,31+,32-,33+,35+,36-,37+,39+,40-,41+,42-,43-,45+,47-,48-,49-/m1/s1. The Morgan fingerprint density at radius 2 is 1.53 bits per heavy atom. The van der Waals surface area contributed by atoms with Crippen molar-refractivity contribution in [3.63, 3.8) is 0 Å². The van der Waals surface area contributed by atoms with E-state index in [-0.39, 0.29) is 37.5 Å². The van der Waals surface area contributed by atoms with Gasteiger partial charge in [-0.3, -0.25) is 9.59 Å². The number of esters is 2. The number of oxime groups is 1. The van der Waals surface area contributed by atoms with Gasteiger partial charge >= 0.3 is 18.1 Å². The van der Waals surface area contributed by atoms with E-state index < -0.39 is 120 Å². The molecule has 0 aromatic rings. The van der Waals surface area contributed by atoms with Crippen molar-refractivity contribution in [2.75, 3.05) is 28.3 Å². The average Bonchev–Trinajstić information content (AvgIpc) is 3.59. The van der Waals surface area contributed by atoms with Crippen LogP contribution < -0.4 is 0 Å². The first-order valence-corrected chi connectivity index (χ1v) is 25.0. The Morgan fingerprint density at radius 3 is 2.10 bits per heavy atom. The van der Waals surface area contributed by atoms with Gasteiger partial charge in [0.1, 0.15) is 12.2 Å². The highest BCUT2D eigenvalue weighted by atomic mass is 16.8. The molecule has 4 aliphatic heterocycles. The Hall–Kier alpha value is -2.68. The number of rotatable bonds is 13. The smallest absolute Gasteiger partial charge is 0.458 e. The van der Waals surface area contributed by atoms with Crippen molar-refractivity contribution in [2.24, 2.45) is 28.8 Å². The van der Waals surface area contributed by atoms with Crippen LogP contribution in [-0.4, -0.2) is 158 Å². The lowest BCUT2D eigenvalue weighted by Crippen LogP contribution is -2.62. The monoisotopic (exact) mass is 971 g/mol. The Bertz CT molecular complexity index is 1730. The predicted molar refractivity (Wildman–Crippen MR) is 249 cm³/mol. The molecule has 18 nitrogen and oxygen atoms in total. The highest BCUT2D eigenvalue weighted by Gasteiger charge is 2.60. The zero-order valence-electron chi connectivity index (χ0n) is 44.1. The van der Waals surface area contributed by atoms with E-state index in [0.29, 0.717) is 25.0 Å². The number of likely N-dealkylation sites (N-methyl/N-ethyl adjacent to an activating group) is 1. The summed E-state index contributed by atoms with van der Waals surface area (Å²) < 4.78 is 70.8. The van der Waals surface area contributed by atoms with Crippen molar-refractivity contribution >= 4 is 23.8 Å². The topological polar surface area (TPSA) is 198 Å². The van der Waals surface area contributed by atoms with Crippen molar-refractivity contribution in [1.82, 2.24) is 4.90 Å². The SMILES string of the molecule is CC[C@H]1OC(=O)[C@H](C)[C@@H](O[C@H]2C[C@@](C)(OC)[C@@H](O)[C@H](C)O2)[C@H](C)[C@@H](O[C@@H]2O[C@H](C)C[C@H](N(C)C)[C@H]2OC(C)=O)[C@](C)(OC)C[C@@H](C)/C(=N\OC2(OC(C)C)CCCCC2)[C@H](C)[C@H]2OC(=O)O[C@@]21C. The maximum atomic E-state index is 14.9. The number of methoxy groups -OCH3 is 2. The van der Waals surface area contributed by atoms with Gasteiger partial charge in [0.25, 0.3) is 0 Å². The molecule has 5 fully saturated rings. The number of carbonyl (C=O) groups excluding carboxylic acids is 3. The van der Waals surface area contributed by atoms with Crippen LogP contribution in [0.4, 0.5) is 4.79 Å². The van der Waals surface area contributed by atoms with Gasteiger partial charge in [-0.05, 0) is 102 Å². The van der Waals surface area contributed by atoms with Crippen LogP contribution in [0.3, 0.4) is 0 Å². The van der Waals surface area contributed by atoms with Crippen LogP contribution in [0, 0.1) is 23.7 Å². The van der Waals surface area contributed by atoms with Gasteiger partial charge in [-0.2, -0.15) is 0 Å². The summed E-state index contributed by atoms with van der Waals surface area (Å²) in [6.07, 6.45) is -4.53. The molecule has 4 heterocycles. The summed E-state index contributed by atoms with van der Waals surface area (Å²) in [6, 6.07) is -0.279. The third kappa shape index (κ3) is 12.3. The molecule has 5 rings (SSSR count). The number of aliphatic hydroxyl groups excluding tert-OH is 1. The second-order valence-corrected chi connectivity index (χ2v) is 21.5. The lowest BCUT2D eigenvalue weighted by Gasteiger charge is -2.50. The maximum Gasteiger partial charge on any atom is 0.509 e. The molecule has 1 saturated carbocycles. The molecule has 0 aromatic carbocycles. The quantitative estimate of drug-likeness (QED) is 0.0849. The first-order chi connectivity index (χ1) is 31.8. The molecule has 1 N–H and O–H groups in total. The molecule has 4 saturated heterocycles. The molecule has 18 atom stereocenters. The van der Waals surface area contributed by atoms with E-state index in [4.69, 9.17) is 62.1 Å². The third-order valence-electron chi connectivity index (χ3n) is 15.4. The highest BCUT2D eigenvalue weighted by Crippen LogP contribution is 2.45. The van der Waals surface area contributed by atoms with E-state index in [0.717, 1.165) is 19.3 Å². The van der Waals surface area contributed by atoms with Crippen molar-refractivity contribution in [2.45, 2.75) is 244 Å². The summed E-state index contributed by atoms with van der Waals surface area (Å²) in [5, 5.41) is 16.2. The van der Waals surface area contributed by atoms with Crippen LogP contribution in [0.5, 0.6) is 0 Å². The first kappa shape index (κ1) is 56.2. The van der Waals surface area contributed by atoms with Gasteiger partial charge < -0.3 is 66.9 Å². The second-order valence-electron chi connectivity index (χ2n) is 21.5. The molecule has 0 aromatic heterocycles. The molecule has 0 bridgehead atoms. The minimum atomic E-state index is -1.46. The number of fused-ring (bicyclic) bond motifs is 1. The molecule has 0 radical (unpaired) electrons. The van der Waals surface area contributed by atoms with E-state index in [1.54, 1.807) is 34.8 Å². The molecular weight excluding hydrogens is 885 g/mol. The lowest BCUT2D eigenvalue weighted by molar-refractivity contribution is -0.320. The van der Waals surface area contributed by atoms with E-state index in [9.17, 15) is 19.5 Å². The first-order valence-electron chi connectivity index (χ1n) is 25.0. The molecule has 0 spiro atoms. The van der Waals surface area contributed by atoms with Gasteiger partial charge in [0, 0.05) is 58.2 Å². The number of hydrogen-bond donors (Lipinski definition) is 1. The normalized spacial score (nSPS) is 43.5. The number of cyclic esters (lactones) is 1. The summed E-state index contributed by atoms with van der Waals surface area (Å²) >= 11 is 0. The van der Waals surface area contributed by atoms with Gasteiger partial charge in [-0.15, -0.1) is 0 Å². The van der Waals surface area contributed by atoms with Gasteiger partial charge in [-0.25, -0.2) is 4.79 Å². The summed E-state index contributed by atoms with van der Waals surface area (Å²) in [5.41, 5.74) is -3.22. The van der Waals surface area contributed by atoms with E-state index in [1.807, 2.05) is 74.4 Å². The number of aliphatic hydroxyl groups is 1. The summed E-state index contributed by atoms with van der Waals surface area (Å²) in [4.78, 5) is 49.7. The van der Waals surface area contributed by atoms with Gasteiger partial charge in [-0.1, -0.05) is 39.3 Å². The van der Waals surface area contributed by atoms with E-state index in [1.165, 1.54) is 14.0 Å². The lowest BCUT2D eigenvalue weighted by atomic mass is 9.73. The fourth-order valence-electron chi connectivity index (χ4n) is 11.6. The zero-order valence-corrected chi connectivity index (χ0v) is 44.1. The second kappa shape index (κ2) is 22.8. The van der Waals surface area contributed by atoms with E-state index in [2.05, 4.69) is 0 Å². The highest BCUT2D eigenvalue weighted by molar-refractivity contribution is 5.89. The molecular formula is C50H86N2O16. The number of ether oxygens (including phenoxy) is 11. The van der Waals surface area contributed by atoms with Gasteiger partial charge in [0.05, 0.1) is 59.4 Å². The third-order valence-corrected chi connectivity index (χ3v) is 15.4. The average molecular weight is 971 g/mol. The van der Waals surface area contributed by atoms with Crippen LogP contribution in [0.1, 0.15) is 148 Å². The number of nitrogens with zero attached hydrogens (tertiary/aromatic N) is 2. The van der Waals surface area contributed by atoms with Crippen LogP contribution in [0.15, 0.2) is 5.16 Å². The zero-order chi connectivity index (χ0) is 50.7. The Morgan fingerprint density at radius 1 is 0.882 bits per heavy atom. The fraction of sp³-hybridized carbons (Fsp3) is 0.920. The summed E-state index contributed by atoms with van der Waals surface area (Å²) in [5.74, 6) is -4.96. The summed E-state index contributed by atoms with van der Waals surface area (Å²) in [7, 11) is 6.96. The van der Waals surface area contributed by atoms with Crippen LogP contribution in [-0.2, 0) is 66.5 Å². The summed E-state index contributed by atoms with van der Waals surface area (Å²) in [6.45, 7) is 23.8. The molecule has 0 amide bonds. The van der Waals surface area contributed by atoms with Gasteiger partial charge in [0.2, 0.25) is 5.79 Å². The Kier molecular flexibility index (Phi) is 18.9. The molecule has 68 heavy (non-hydrogen) atoms. The van der Waals surface area contributed by atoms with Crippen molar-refractivity contribution in [3.05, 3.63) is 0 Å². The van der Waals surface area contributed by atoms with Crippen LogP contribution in [0.25, 0.3) is 0 Å². The molecule has 5 aliphatic rings. The van der Waals surface area contributed by atoms with Gasteiger partial charge in [0.15, 0.2) is 30.4 Å². The largest absolute Gasteiger partial charge is 0.509 e. The maximum absolute atomic E-state index is 14.9. The minimum Gasteiger partial charge on any atom is -0.458 e. The van der Waals surface area contributed by atoms with Crippen LogP contribution in [0.2, 0.25) is 0 Å². The Labute approximate surface area is 405 Å².